The maximum Gasteiger partial charge on any atom is 0.0110 e. The molecule has 1 aliphatic carbocycles. The summed E-state index contributed by atoms with van der Waals surface area (Å²) in [6.45, 7) is 10.3. The van der Waals surface area contributed by atoms with Crippen LogP contribution in [0.4, 0.5) is 0 Å². The summed E-state index contributed by atoms with van der Waals surface area (Å²) in [5.41, 5.74) is 3.17. The van der Waals surface area contributed by atoms with Crippen LogP contribution in [0.15, 0.2) is 24.3 Å². The van der Waals surface area contributed by atoms with Crippen LogP contribution >= 0.6 is 0 Å². The molecule has 0 spiro atoms. The van der Waals surface area contributed by atoms with Gasteiger partial charge in [-0.3, -0.25) is 0 Å². The Morgan fingerprint density at radius 1 is 1.14 bits per heavy atom. The van der Waals surface area contributed by atoms with Gasteiger partial charge in [0.05, 0.1) is 0 Å². The molecule has 0 saturated heterocycles. The lowest BCUT2D eigenvalue weighted by atomic mass is 9.79. The normalized spacial score (nSPS) is 17.5. The Bertz CT molecular complexity index is 408. The van der Waals surface area contributed by atoms with Crippen molar-refractivity contribution in [3.63, 3.8) is 0 Å². The van der Waals surface area contributed by atoms with E-state index in [1.165, 1.54) is 49.7 Å². The van der Waals surface area contributed by atoms with Crippen LogP contribution in [0, 0.1) is 5.92 Å². The smallest absolute Gasteiger partial charge is 0.0110 e. The fraction of sp³-hybridized carbons (Fsp3) is 0.700. The van der Waals surface area contributed by atoms with Crippen LogP contribution in [0.2, 0.25) is 0 Å². The molecule has 21 heavy (non-hydrogen) atoms. The molecule has 0 radical (unpaired) electrons. The van der Waals surface area contributed by atoms with Crippen LogP contribution in [0.1, 0.15) is 70.9 Å². The fourth-order valence-corrected chi connectivity index (χ4v) is 3.14. The van der Waals surface area contributed by atoms with Gasteiger partial charge in [0.25, 0.3) is 0 Å². The molecule has 0 bridgehead atoms. The molecule has 1 fully saturated rings. The third-order valence-electron chi connectivity index (χ3n) is 4.83. The highest BCUT2D eigenvalue weighted by atomic mass is 14.9. The van der Waals surface area contributed by atoms with Crippen molar-refractivity contribution < 1.29 is 0 Å². The molecule has 1 unspecified atom stereocenters. The highest BCUT2D eigenvalue weighted by molar-refractivity contribution is 5.28. The lowest BCUT2D eigenvalue weighted by molar-refractivity contribution is 0.259. The Balaban J connectivity index is 1.94. The molecule has 1 aliphatic rings. The molecule has 1 saturated carbocycles. The SMILES string of the molecule is CCCNC(Cc1ccc(C(C)(C)C)cc1)CC1CCC1. The van der Waals surface area contributed by atoms with Crippen LogP contribution in [-0.2, 0) is 11.8 Å². The summed E-state index contributed by atoms with van der Waals surface area (Å²) < 4.78 is 0. The van der Waals surface area contributed by atoms with E-state index in [1.807, 2.05) is 0 Å². The Labute approximate surface area is 131 Å². The molecule has 1 heteroatoms. The number of rotatable bonds is 7. The average Bonchev–Trinajstić information content (AvgIpc) is 2.39. The molecule has 0 aliphatic heterocycles. The second-order valence-electron chi connectivity index (χ2n) is 7.83. The van der Waals surface area contributed by atoms with E-state index < -0.39 is 0 Å². The van der Waals surface area contributed by atoms with Gasteiger partial charge in [-0.05, 0) is 48.3 Å². The maximum atomic E-state index is 3.76. The monoisotopic (exact) mass is 287 g/mol. The van der Waals surface area contributed by atoms with Gasteiger partial charge in [0.15, 0.2) is 0 Å². The van der Waals surface area contributed by atoms with Crippen LogP contribution in [0.3, 0.4) is 0 Å². The quantitative estimate of drug-likeness (QED) is 0.737. The van der Waals surface area contributed by atoms with Crippen LogP contribution in [0.5, 0.6) is 0 Å². The molecule has 1 atom stereocenters. The Kier molecular flexibility index (Phi) is 5.87. The minimum atomic E-state index is 0.254. The third kappa shape index (κ3) is 5.14. The minimum absolute atomic E-state index is 0.254. The topological polar surface area (TPSA) is 12.0 Å². The molecule has 0 amide bonds. The number of nitrogens with one attached hydrogen (secondary N) is 1. The van der Waals surface area contributed by atoms with Crippen LogP contribution in [-0.4, -0.2) is 12.6 Å². The van der Waals surface area contributed by atoms with Crippen molar-refractivity contribution in [3.05, 3.63) is 35.4 Å². The van der Waals surface area contributed by atoms with E-state index >= 15 is 0 Å². The van der Waals surface area contributed by atoms with E-state index in [4.69, 9.17) is 0 Å². The molecular formula is C20H33N. The van der Waals surface area contributed by atoms with E-state index in [9.17, 15) is 0 Å². The molecule has 118 valence electrons. The standard InChI is InChI=1S/C20H33N/c1-5-13-21-19(14-16-7-6-8-16)15-17-9-11-18(12-10-17)20(2,3)4/h9-12,16,19,21H,5-8,13-15H2,1-4H3. The molecule has 2 rings (SSSR count). The van der Waals surface area contributed by atoms with Gasteiger partial charge in [-0.1, -0.05) is 71.2 Å². The first kappa shape index (κ1) is 16.5. The van der Waals surface area contributed by atoms with Crippen molar-refractivity contribution in [1.82, 2.24) is 5.32 Å². The second kappa shape index (κ2) is 7.45. The number of hydrogen-bond acceptors (Lipinski definition) is 1. The van der Waals surface area contributed by atoms with Crippen molar-refractivity contribution in [1.29, 1.82) is 0 Å². The van der Waals surface area contributed by atoms with Crippen molar-refractivity contribution >= 4 is 0 Å². The summed E-state index contributed by atoms with van der Waals surface area (Å²) >= 11 is 0. The Morgan fingerprint density at radius 3 is 2.29 bits per heavy atom. The lowest BCUT2D eigenvalue weighted by Gasteiger charge is -2.30. The Morgan fingerprint density at radius 2 is 1.81 bits per heavy atom. The maximum absolute atomic E-state index is 3.76. The van der Waals surface area contributed by atoms with Crippen molar-refractivity contribution in [2.75, 3.05) is 6.54 Å². The van der Waals surface area contributed by atoms with E-state index in [-0.39, 0.29) is 5.41 Å². The predicted octanol–water partition coefficient (Wildman–Crippen LogP) is 5.09. The van der Waals surface area contributed by atoms with Gasteiger partial charge in [-0.15, -0.1) is 0 Å². The largest absolute Gasteiger partial charge is 0.314 e. The van der Waals surface area contributed by atoms with Gasteiger partial charge in [0.1, 0.15) is 0 Å². The van der Waals surface area contributed by atoms with Gasteiger partial charge in [0.2, 0.25) is 0 Å². The van der Waals surface area contributed by atoms with Gasteiger partial charge < -0.3 is 5.32 Å². The molecular weight excluding hydrogens is 254 g/mol. The third-order valence-corrected chi connectivity index (χ3v) is 4.83. The molecule has 1 aromatic carbocycles. The average molecular weight is 287 g/mol. The van der Waals surface area contributed by atoms with E-state index in [0.29, 0.717) is 6.04 Å². The molecule has 1 aromatic rings. The van der Waals surface area contributed by atoms with E-state index in [0.717, 1.165) is 12.5 Å². The number of benzene rings is 1. The summed E-state index contributed by atoms with van der Waals surface area (Å²) in [5.74, 6) is 0.980. The summed E-state index contributed by atoms with van der Waals surface area (Å²) in [6, 6.07) is 9.96. The first-order valence-electron chi connectivity index (χ1n) is 8.82. The zero-order valence-corrected chi connectivity index (χ0v) is 14.4. The van der Waals surface area contributed by atoms with E-state index in [1.54, 1.807) is 0 Å². The minimum Gasteiger partial charge on any atom is -0.314 e. The van der Waals surface area contributed by atoms with Crippen LogP contribution < -0.4 is 5.32 Å². The Hall–Kier alpha value is -0.820. The van der Waals surface area contributed by atoms with Crippen LogP contribution in [0.25, 0.3) is 0 Å². The summed E-state index contributed by atoms with van der Waals surface area (Å²) in [4.78, 5) is 0. The first-order valence-corrected chi connectivity index (χ1v) is 8.82. The van der Waals surface area contributed by atoms with Gasteiger partial charge in [-0.2, -0.15) is 0 Å². The fourth-order valence-electron chi connectivity index (χ4n) is 3.14. The van der Waals surface area contributed by atoms with Gasteiger partial charge >= 0.3 is 0 Å². The van der Waals surface area contributed by atoms with Crippen molar-refractivity contribution in [2.45, 2.75) is 77.7 Å². The predicted molar refractivity (Wildman–Crippen MR) is 92.9 cm³/mol. The summed E-state index contributed by atoms with van der Waals surface area (Å²) in [5, 5.41) is 3.76. The molecule has 1 nitrogen and oxygen atoms in total. The highest BCUT2D eigenvalue weighted by Crippen LogP contribution is 2.31. The zero-order chi connectivity index (χ0) is 15.3. The lowest BCUT2D eigenvalue weighted by Crippen LogP contribution is -2.35. The summed E-state index contributed by atoms with van der Waals surface area (Å²) in [7, 11) is 0. The molecule has 0 aromatic heterocycles. The first-order chi connectivity index (χ1) is 9.99. The van der Waals surface area contributed by atoms with Gasteiger partial charge in [-0.25, -0.2) is 0 Å². The number of hydrogen-bond donors (Lipinski definition) is 1. The van der Waals surface area contributed by atoms with Crippen molar-refractivity contribution in [2.24, 2.45) is 5.92 Å². The van der Waals surface area contributed by atoms with Crippen molar-refractivity contribution in [3.8, 4) is 0 Å². The second-order valence-corrected chi connectivity index (χ2v) is 7.83. The zero-order valence-electron chi connectivity index (χ0n) is 14.4. The van der Waals surface area contributed by atoms with Gasteiger partial charge in [0, 0.05) is 6.04 Å². The highest BCUT2D eigenvalue weighted by Gasteiger charge is 2.22. The molecule has 1 N–H and O–H groups in total. The van der Waals surface area contributed by atoms with E-state index in [2.05, 4.69) is 57.3 Å². The summed E-state index contributed by atoms with van der Waals surface area (Å²) in [6.07, 6.45) is 8.12. The molecule has 0 heterocycles.